The predicted octanol–water partition coefficient (Wildman–Crippen LogP) is 12.4. The first kappa shape index (κ1) is 30.7. The third-order valence-corrected chi connectivity index (χ3v) is 11.1. The topological polar surface area (TPSA) is 62.4 Å². The highest BCUT2D eigenvalue weighted by molar-refractivity contribution is 6.26. The van der Waals surface area contributed by atoms with Gasteiger partial charge in [-0.1, -0.05) is 103 Å². The molecule has 3 heterocycles. The van der Waals surface area contributed by atoms with Crippen molar-refractivity contribution < 1.29 is 0 Å². The van der Waals surface area contributed by atoms with Crippen LogP contribution in [0.1, 0.15) is 11.1 Å². The maximum absolute atomic E-state index is 10.4. The average Bonchev–Trinajstić information content (AvgIpc) is 3.89. The molecule has 55 heavy (non-hydrogen) atoms. The minimum Gasteiger partial charge on any atom is -0.309 e. The molecule has 0 aliphatic rings. The van der Waals surface area contributed by atoms with E-state index in [1.54, 1.807) is 0 Å². The van der Waals surface area contributed by atoms with Gasteiger partial charge in [0.25, 0.3) is 0 Å². The number of rotatable bonds is 4. The fourth-order valence-electron chi connectivity index (χ4n) is 8.83. The lowest BCUT2D eigenvalue weighted by atomic mass is 9.97. The van der Waals surface area contributed by atoms with Gasteiger partial charge in [-0.25, -0.2) is 0 Å². The van der Waals surface area contributed by atoms with Crippen LogP contribution in [-0.2, 0) is 0 Å². The van der Waals surface area contributed by atoms with Gasteiger partial charge in [-0.15, -0.1) is 0 Å². The van der Waals surface area contributed by atoms with Crippen LogP contribution in [-0.4, -0.2) is 13.7 Å². The van der Waals surface area contributed by atoms with Crippen molar-refractivity contribution in [2.75, 3.05) is 0 Å². The van der Waals surface area contributed by atoms with E-state index in [1.807, 2.05) is 30.3 Å². The highest BCUT2D eigenvalue weighted by Gasteiger charge is 2.24. The summed E-state index contributed by atoms with van der Waals surface area (Å²) in [5.74, 6) is 0. The molecule has 0 bridgehead atoms. The van der Waals surface area contributed by atoms with Gasteiger partial charge in [-0.05, 0) is 72.8 Å². The van der Waals surface area contributed by atoms with Gasteiger partial charge in [-0.3, -0.25) is 0 Å². The second kappa shape index (κ2) is 11.8. The van der Waals surface area contributed by atoms with Crippen molar-refractivity contribution in [1.82, 2.24) is 13.7 Å². The molecule has 0 atom stereocenters. The Bertz CT molecular complexity index is 3400. The molecule has 254 valence electrons. The normalized spacial score (nSPS) is 11.6. The molecule has 11 aromatic rings. The summed E-state index contributed by atoms with van der Waals surface area (Å²) in [5.41, 5.74) is 12.3. The smallest absolute Gasteiger partial charge is 0.0992 e. The van der Waals surface area contributed by atoms with Gasteiger partial charge in [0.1, 0.15) is 0 Å². The van der Waals surface area contributed by atoms with Crippen molar-refractivity contribution in [2.45, 2.75) is 0 Å². The Labute approximate surface area is 316 Å². The van der Waals surface area contributed by atoms with E-state index in [2.05, 4.69) is 171 Å². The summed E-state index contributed by atoms with van der Waals surface area (Å²) >= 11 is 0. The monoisotopic (exact) mass is 699 g/mol. The largest absolute Gasteiger partial charge is 0.309 e. The van der Waals surface area contributed by atoms with Crippen LogP contribution in [0, 0.1) is 22.7 Å². The summed E-state index contributed by atoms with van der Waals surface area (Å²) in [4.78, 5) is 0. The number of nitrogens with zero attached hydrogens (tertiary/aromatic N) is 5. The first-order valence-corrected chi connectivity index (χ1v) is 18.3. The average molecular weight is 700 g/mol. The number of hydrogen-bond acceptors (Lipinski definition) is 2. The molecule has 11 rings (SSSR count). The molecule has 5 nitrogen and oxygen atoms in total. The number of aromatic nitrogens is 3. The third kappa shape index (κ3) is 4.39. The Morgan fingerprint density at radius 2 is 0.873 bits per heavy atom. The molecule has 0 aliphatic carbocycles. The van der Waals surface area contributed by atoms with Crippen LogP contribution in [0.25, 0.3) is 93.6 Å². The first-order chi connectivity index (χ1) is 27.2. The number of para-hydroxylation sites is 5. The third-order valence-electron chi connectivity index (χ3n) is 11.1. The zero-order valence-electron chi connectivity index (χ0n) is 29.5. The van der Waals surface area contributed by atoms with Gasteiger partial charge in [0.15, 0.2) is 0 Å². The highest BCUT2D eigenvalue weighted by Crippen LogP contribution is 2.45. The summed E-state index contributed by atoms with van der Waals surface area (Å²) in [6.45, 7) is 0. The van der Waals surface area contributed by atoms with E-state index in [-0.39, 0.29) is 0 Å². The summed E-state index contributed by atoms with van der Waals surface area (Å²) in [6.07, 6.45) is 0. The van der Waals surface area contributed by atoms with Crippen LogP contribution >= 0.6 is 0 Å². The molecule has 0 radical (unpaired) electrons. The van der Waals surface area contributed by atoms with Gasteiger partial charge in [0, 0.05) is 49.1 Å². The molecule has 0 saturated carbocycles. The van der Waals surface area contributed by atoms with Gasteiger partial charge in [0.05, 0.1) is 67.7 Å². The fraction of sp³-hybridized carbons (Fsp3) is 0. The van der Waals surface area contributed by atoms with E-state index in [1.165, 1.54) is 0 Å². The molecule has 0 saturated heterocycles. The van der Waals surface area contributed by atoms with Crippen molar-refractivity contribution in [1.29, 1.82) is 10.5 Å². The Morgan fingerprint density at radius 3 is 1.53 bits per heavy atom. The minimum atomic E-state index is 0.554. The molecule has 0 fully saturated rings. The number of fused-ring (bicyclic) bond motifs is 10. The Kier molecular flexibility index (Phi) is 6.61. The van der Waals surface area contributed by atoms with Crippen molar-refractivity contribution in [3.63, 3.8) is 0 Å². The molecule has 0 spiro atoms. The van der Waals surface area contributed by atoms with Crippen LogP contribution in [0.15, 0.2) is 176 Å². The summed E-state index contributed by atoms with van der Waals surface area (Å²) < 4.78 is 7.00. The van der Waals surface area contributed by atoms with Crippen molar-refractivity contribution >= 4 is 65.4 Å². The fourth-order valence-corrected chi connectivity index (χ4v) is 8.83. The first-order valence-electron chi connectivity index (χ1n) is 18.3. The second-order valence-electron chi connectivity index (χ2n) is 14.0. The van der Waals surface area contributed by atoms with E-state index >= 15 is 0 Å². The SMILES string of the molecule is N#Cc1ccc(-n2c3ccccc3c3ccccc32)c(-c2ccc(C#N)cc2-n2c3ccccc3c3ccc4c(c5ccccc5n4-c4ccccc4)c32)c1. The van der Waals surface area contributed by atoms with Crippen LogP contribution in [0.4, 0.5) is 0 Å². The Hall–Kier alpha value is -7.86. The van der Waals surface area contributed by atoms with Gasteiger partial charge in [0.2, 0.25) is 0 Å². The summed E-state index contributed by atoms with van der Waals surface area (Å²) in [7, 11) is 0. The maximum atomic E-state index is 10.4. The van der Waals surface area contributed by atoms with Crippen molar-refractivity contribution in [3.8, 4) is 40.3 Å². The molecule has 0 unspecified atom stereocenters. The Morgan fingerprint density at radius 1 is 0.345 bits per heavy atom. The van der Waals surface area contributed by atoms with Crippen molar-refractivity contribution in [3.05, 3.63) is 187 Å². The lowest BCUT2D eigenvalue weighted by molar-refractivity contribution is 1.16. The lowest BCUT2D eigenvalue weighted by Gasteiger charge is -2.19. The van der Waals surface area contributed by atoms with Crippen LogP contribution < -0.4 is 0 Å². The molecule has 0 aliphatic heterocycles. The summed E-state index contributed by atoms with van der Waals surface area (Å²) in [5, 5.41) is 27.6. The highest BCUT2D eigenvalue weighted by atomic mass is 15.0. The lowest BCUT2D eigenvalue weighted by Crippen LogP contribution is -2.03. The van der Waals surface area contributed by atoms with E-state index in [0.29, 0.717) is 11.1 Å². The van der Waals surface area contributed by atoms with E-state index in [9.17, 15) is 10.5 Å². The standard InChI is InChI=1S/C50H29N5/c51-30-32-23-26-46(54-42-18-8-4-14-35(42)36-15-5-9-19-43(36)54)41(28-32)38-24-22-33(31-52)29-48(38)55-44-20-10-6-16-37(44)39-25-27-47-49(50(39)55)40-17-7-11-21-45(40)53(47)34-12-2-1-3-13-34/h1-29H. The van der Waals surface area contributed by atoms with Gasteiger partial charge >= 0.3 is 0 Å². The molecular weight excluding hydrogens is 671 g/mol. The molecule has 0 N–H and O–H groups in total. The molecule has 8 aromatic carbocycles. The van der Waals surface area contributed by atoms with E-state index in [0.717, 1.165) is 93.6 Å². The van der Waals surface area contributed by atoms with Gasteiger partial charge in [-0.2, -0.15) is 10.5 Å². The zero-order valence-corrected chi connectivity index (χ0v) is 29.5. The molecular formula is C50H29N5. The van der Waals surface area contributed by atoms with Crippen molar-refractivity contribution in [2.24, 2.45) is 0 Å². The maximum Gasteiger partial charge on any atom is 0.0992 e. The van der Waals surface area contributed by atoms with Crippen LogP contribution in [0.3, 0.4) is 0 Å². The Balaban J connectivity index is 1.31. The molecule has 0 amide bonds. The van der Waals surface area contributed by atoms with E-state index in [4.69, 9.17) is 0 Å². The number of benzene rings is 8. The second-order valence-corrected chi connectivity index (χ2v) is 14.0. The molecule has 5 heteroatoms. The molecule has 3 aromatic heterocycles. The van der Waals surface area contributed by atoms with Crippen LogP contribution in [0.2, 0.25) is 0 Å². The quantitative estimate of drug-likeness (QED) is 0.184. The minimum absolute atomic E-state index is 0.554. The number of hydrogen-bond donors (Lipinski definition) is 0. The predicted molar refractivity (Wildman–Crippen MR) is 224 cm³/mol. The summed E-state index contributed by atoms with van der Waals surface area (Å²) in [6, 6.07) is 65.8. The van der Waals surface area contributed by atoms with Crippen LogP contribution in [0.5, 0.6) is 0 Å². The van der Waals surface area contributed by atoms with E-state index < -0.39 is 0 Å². The number of nitriles is 2. The van der Waals surface area contributed by atoms with Gasteiger partial charge < -0.3 is 13.7 Å². The zero-order chi connectivity index (χ0) is 36.6.